The van der Waals surface area contributed by atoms with Gasteiger partial charge < -0.3 is 50.1 Å². The average Bonchev–Trinajstić information content (AvgIpc) is 2.94. The van der Waals surface area contributed by atoms with E-state index < -0.39 is 5.91 Å². The molecule has 0 unspecified atom stereocenters. The van der Waals surface area contributed by atoms with E-state index in [9.17, 15) is 9.90 Å². The minimum Gasteiger partial charge on any atom is -0.507 e. The minimum absolute atomic E-state index is 0. The summed E-state index contributed by atoms with van der Waals surface area (Å²) >= 11 is 0. The van der Waals surface area contributed by atoms with Crippen LogP contribution in [0.2, 0.25) is 0 Å². The van der Waals surface area contributed by atoms with Crippen LogP contribution in [0, 0.1) is 11.3 Å². The topological polar surface area (TPSA) is 270 Å². The molecular formula is C27H51ClN12O2. The van der Waals surface area contributed by atoms with E-state index in [4.69, 9.17) is 10.2 Å². The van der Waals surface area contributed by atoms with Gasteiger partial charge in [0.1, 0.15) is 5.75 Å². The van der Waals surface area contributed by atoms with Crippen LogP contribution in [0.3, 0.4) is 0 Å². The number of nitriles is 1. The number of benzene rings is 2. The van der Waals surface area contributed by atoms with Crippen molar-refractivity contribution in [1.82, 2.24) is 39.6 Å². The lowest BCUT2D eigenvalue weighted by atomic mass is 10.1. The van der Waals surface area contributed by atoms with Crippen molar-refractivity contribution in [2.45, 2.75) is 38.5 Å². The second-order valence-corrected chi connectivity index (χ2v) is 9.35. The molecule has 238 valence electrons. The third-order valence-corrected chi connectivity index (χ3v) is 6.66. The van der Waals surface area contributed by atoms with E-state index in [1.165, 1.54) is 18.9 Å². The molecule has 42 heavy (non-hydrogen) atoms. The van der Waals surface area contributed by atoms with Gasteiger partial charge in [0, 0.05) is 49.3 Å². The van der Waals surface area contributed by atoms with E-state index in [0.717, 1.165) is 51.9 Å². The van der Waals surface area contributed by atoms with Crippen molar-refractivity contribution in [2.75, 3.05) is 46.6 Å². The maximum Gasteiger partial charge on any atom is 0.259 e. The Morgan fingerprint density at radius 1 is 0.786 bits per heavy atom. The zero-order valence-corrected chi connectivity index (χ0v) is 24.7. The Kier molecular flexibility index (Phi) is 15.8. The number of aromatic hydroxyl groups is 1. The van der Waals surface area contributed by atoms with Gasteiger partial charge in [-0.3, -0.25) is 4.79 Å². The first-order chi connectivity index (χ1) is 18.1. The fraction of sp³-hybridized carbons (Fsp3) is 0.370. The molecule has 15 heteroatoms. The second kappa shape index (κ2) is 17.5. The third kappa shape index (κ3) is 9.13. The zero-order chi connectivity index (χ0) is 25.6. The summed E-state index contributed by atoms with van der Waals surface area (Å²) in [4.78, 5) is 31.3. The monoisotopic (exact) mass is 610 g/mol. The SMILES string of the molecule is Cl.N.N.N.N.N#Cc1ccc(NC(=O)c2ccc(Nc3nc(N4CCCCC4)nc(N4CCCCC4)n3)cc2O)cc1.[HH].[HH].[HH].[HH]. The number of nitrogens with zero attached hydrogens (tertiary/aromatic N) is 6. The number of nitrogens with one attached hydrogen (secondary N) is 2. The molecule has 1 amide bonds. The van der Waals surface area contributed by atoms with E-state index in [1.807, 2.05) is 6.07 Å². The molecule has 0 bridgehead atoms. The number of carbonyl (C=O) groups is 1. The lowest BCUT2D eigenvalue weighted by molar-refractivity contribution is 0.102. The van der Waals surface area contributed by atoms with E-state index in [0.29, 0.717) is 34.8 Å². The van der Waals surface area contributed by atoms with Gasteiger partial charge in [0.2, 0.25) is 17.8 Å². The van der Waals surface area contributed by atoms with Gasteiger partial charge in [-0.1, -0.05) is 0 Å². The number of halogens is 1. The largest absolute Gasteiger partial charge is 0.507 e. The van der Waals surface area contributed by atoms with Crippen LogP contribution in [0.4, 0.5) is 29.2 Å². The molecule has 2 aliphatic heterocycles. The predicted molar refractivity (Wildman–Crippen MR) is 178 cm³/mol. The van der Waals surface area contributed by atoms with Crippen LogP contribution in [-0.2, 0) is 0 Å². The molecular weight excluding hydrogens is 560 g/mol. The van der Waals surface area contributed by atoms with Crippen LogP contribution in [0.5, 0.6) is 5.75 Å². The van der Waals surface area contributed by atoms with Crippen molar-refractivity contribution in [3.05, 3.63) is 53.6 Å². The number of carbonyl (C=O) groups excluding carboxylic acids is 1. The third-order valence-electron chi connectivity index (χ3n) is 6.66. The molecule has 1 aromatic heterocycles. The standard InChI is InChI=1S/C27H30N8O2.ClH.4H3N.4H2/c28-18-19-7-9-20(10-8-19)29-24(37)22-12-11-21(17-23(22)36)30-25-31-26(34-13-3-1-4-14-34)33-27(32-25)35-15-5-2-6-16-35;;;;;;;;;/h7-12,17,36H,1-6,13-16H2,(H,29,37)(H,30,31,32,33);1H;4*1H3;4*1H. The summed E-state index contributed by atoms with van der Waals surface area (Å²) in [5.74, 6) is 1.12. The number of amides is 1. The molecule has 0 saturated carbocycles. The highest BCUT2D eigenvalue weighted by Crippen LogP contribution is 2.27. The first-order valence-electron chi connectivity index (χ1n) is 12.8. The Morgan fingerprint density at radius 3 is 1.76 bits per heavy atom. The molecule has 0 aliphatic carbocycles. The van der Waals surface area contributed by atoms with Gasteiger partial charge in [0.25, 0.3) is 5.91 Å². The highest BCUT2D eigenvalue weighted by atomic mass is 35.5. The van der Waals surface area contributed by atoms with Crippen molar-refractivity contribution in [3.8, 4) is 11.8 Å². The Morgan fingerprint density at radius 2 is 1.29 bits per heavy atom. The van der Waals surface area contributed by atoms with Gasteiger partial charge in [-0.15, -0.1) is 12.4 Å². The fourth-order valence-corrected chi connectivity index (χ4v) is 4.64. The average molecular weight is 611 g/mol. The molecule has 2 fully saturated rings. The van der Waals surface area contributed by atoms with E-state index in [-0.39, 0.29) is 54.0 Å². The summed E-state index contributed by atoms with van der Waals surface area (Å²) in [5, 5.41) is 25.5. The van der Waals surface area contributed by atoms with Crippen LogP contribution >= 0.6 is 12.4 Å². The summed E-state index contributed by atoms with van der Waals surface area (Å²) < 4.78 is 0. The summed E-state index contributed by atoms with van der Waals surface area (Å²) in [6, 6.07) is 13.3. The normalized spacial score (nSPS) is 13.8. The van der Waals surface area contributed by atoms with Crippen LogP contribution in [0.25, 0.3) is 0 Å². The lowest BCUT2D eigenvalue weighted by Crippen LogP contribution is -2.34. The lowest BCUT2D eigenvalue weighted by Gasteiger charge is -2.30. The molecule has 14 nitrogen and oxygen atoms in total. The van der Waals surface area contributed by atoms with Crippen LogP contribution in [-0.4, -0.2) is 52.1 Å². The van der Waals surface area contributed by atoms with E-state index >= 15 is 0 Å². The number of anilines is 5. The van der Waals surface area contributed by atoms with Crippen molar-refractivity contribution in [2.24, 2.45) is 0 Å². The molecule has 2 saturated heterocycles. The molecule has 3 aromatic rings. The second-order valence-electron chi connectivity index (χ2n) is 9.35. The summed E-state index contributed by atoms with van der Waals surface area (Å²) in [7, 11) is 0. The van der Waals surface area contributed by atoms with Gasteiger partial charge in [-0.05, 0) is 74.9 Å². The van der Waals surface area contributed by atoms with Gasteiger partial charge in [-0.2, -0.15) is 20.2 Å². The number of phenols is 1. The Labute approximate surface area is 258 Å². The molecule has 2 aliphatic rings. The number of phenolic OH excluding ortho intramolecular Hbond substituents is 1. The predicted octanol–water partition coefficient (Wildman–Crippen LogP) is 6.48. The maximum atomic E-state index is 12.7. The summed E-state index contributed by atoms with van der Waals surface area (Å²) in [6.07, 6.45) is 6.91. The minimum atomic E-state index is -0.450. The highest BCUT2D eigenvalue weighted by Gasteiger charge is 2.21. The van der Waals surface area contributed by atoms with Crippen LogP contribution < -0.4 is 45.0 Å². The summed E-state index contributed by atoms with van der Waals surface area (Å²) in [5.41, 5.74) is 1.73. The summed E-state index contributed by atoms with van der Waals surface area (Å²) in [6.45, 7) is 3.69. The molecule has 5 rings (SSSR count). The van der Waals surface area contributed by atoms with Gasteiger partial charge in [0.05, 0.1) is 17.2 Å². The van der Waals surface area contributed by atoms with Crippen LogP contribution in [0.15, 0.2) is 42.5 Å². The van der Waals surface area contributed by atoms with Crippen molar-refractivity contribution < 1.29 is 15.6 Å². The Balaban J connectivity index is -0.000000623. The number of hydrogen-bond acceptors (Lipinski definition) is 13. The quantitative estimate of drug-likeness (QED) is 0.157. The number of hydrogen-bond donors (Lipinski definition) is 7. The highest BCUT2D eigenvalue weighted by molar-refractivity contribution is 6.06. The van der Waals surface area contributed by atoms with E-state index in [2.05, 4.69) is 30.4 Å². The van der Waals surface area contributed by atoms with Gasteiger partial charge in [0.15, 0.2) is 0 Å². The van der Waals surface area contributed by atoms with Gasteiger partial charge in [-0.25, -0.2) is 0 Å². The van der Waals surface area contributed by atoms with Crippen molar-refractivity contribution >= 4 is 47.5 Å². The molecule has 2 aromatic carbocycles. The molecule has 3 heterocycles. The number of piperidine rings is 2. The first kappa shape index (κ1) is 37.7. The van der Waals surface area contributed by atoms with E-state index in [1.54, 1.807) is 36.4 Å². The Hall–Kier alpha value is -4.26. The molecule has 15 N–H and O–H groups in total. The van der Waals surface area contributed by atoms with Crippen LogP contribution in [0.1, 0.15) is 60.2 Å². The number of aromatic nitrogens is 3. The van der Waals surface area contributed by atoms with Gasteiger partial charge >= 0.3 is 0 Å². The molecule has 0 radical (unpaired) electrons. The molecule has 0 spiro atoms. The van der Waals surface area contributed by atoms with Crippen molar-refractivity contribution in [1.29, 1.82) is 5.26 Å². The fourth-order valence-electron chi connectivity index (χ4n) is 4.64. The zero-order valence-electron chi connectivity index (χ0n) is 23.9. The maximum absolute atomic E-state index is 12.7. The van der Waals surface area contributed by atoms with Crippen molar-refractivity contribution in [3.63, 3.8) is 0 Å². The smallest absolute Gasteiger partial charge is 0.259 e. The first-order valence-corrected chi connectivity index (χ1v) is 12.8. The molecule has 0 atom stereocenters. The Bertz CT molecular complexity index is 1290. The number of rotatable bonds is 6.